The highest BCUT2D eigenvalue weighted by atomic mass is 16.5. The van der Waals surface area contributed by atoms with E-state index in [2.05, 4.69) is 22.8 Å². The summed E-state index contributed by atoms with van der Waals surface area (Å²) in [6.45, 7) is 7.39. The maximum atomic E-state index is 12.8. The van der Waals surface area contributed by atoms with Crippen molar-refractivity contribution in [1.29, 1.82) is 0 Å². The van der Waals surface area contributed by atoms with Crippen LogP contribution in [0.2, 0.25) is 0 Å². The van der Waals surface area contributed by atoms with Crippen molar-refractivity contribution >= 4 is 18.0 Å². The minimum Gasteiger partial charge on any atom is -0.481 e. The number of ether oxygens (including phenoxy) is 1. The van der Waals surface area contributed by atoms with Crippen molar-refractivity contribution in [3.8, 4) is 11.1 Å². The zero-order valence-electron chi connectivity index (χ0n) is 19.6. The summed E-state index contributed by atoms with van der Waals surface area (Å²) in [5, 5.41) is 14.5. The van der Waals surface area contributed by atoms with E-state index in [4.69, 9.17) is 4.74 Å². The van der Waals surface area contributed by atoms with Crippen LogP contribution in [-0.4, -0.2) is 42.3 Å². The average Bonchev–Trinajstić information content (AvgIpc) is 3.09. The molecule has 0 fully saturated rings. The number of carbonyl (C=O) groups excluding carboxylic acids is 2. The molecule has 7 heteroatoms. The van der Waals surface area contributed by atoms with Gasteiger partial charge in [-0.25, -0.2) is 4.79 Å². The minimum atomic E-state index is -0.963. The molecule has 176 valence electrons. The molecule has 0 aromatic heterocycles. The lowest BCUT2D eigenvalue weighted by molar-refractivity contribution is -0.141. The fourth-order valence-corrected chi connectivity index (χ4v) is 4.17. The van der Waals surface area contributed by atoms with Crippen molar-refractivity contribution in [1.82, 2.24) is 10.6 Å². The van der Waals surface area contributed by atoms with Gasteiger partial charge < -0.3 is 20.5 Å². The van der Waals surface area contributed by atoms with Crippen LogP contribution in [0.1, 0.15) is 51.2 Å². The maximum Gasteiger partial charge on any atom is 0.407 e. The lowest BCUT2D eigenvalue weighted by Crippen LogP contribution is -2.54. The summed E-state index contributed by atoms with van der Waals surface area (Å²) in [6, 6.07) is 15.3. The smallest absolute Gasteiger partial charge is 0.407 e. The Bertz CT molecular complexity index is 982. The normalized spacial score (nSPS) is 14.5. The van der Waals surface area contributed by atoms with Crippen LogP contribution in [0, 0.1) is 11.3 Å². The average molecular weight is 453 g/mol. The van der Waals surface area contributed by atoms with Gasteiger partial charge in [-0.3, -0.25) is 9.59 Å². The number of carboxylic acid groups (broad SMARTS) is 1. The van der Waals surface area contributed by atoms with Crippen LogP contribution in [-0.2, 0) is 14.3 Å². The Morgan fingerprint density at radius 3 is 2.03 bits per heavy atom. The van der Waals surface area contributed by atoms with Gasteiger partial charge in [-0.1, -0.05) is 76.2 Å². The monoisotopic (exact) mass is 452 g/mol. The van der Waals surface area contributed by atoms with Crippen LogP contribution in [0.5, 0.6) is 0 Å². The van der Waals surface area contributed by atoms with Crippen LogP contribution in [0.4, 0.5) is 4.79 Å². The molecule has 0 saturated carbocycles. The molecule has 2 amide bonds. The molecule has 1 aliphatic carbocycles. The maximum absolute atomic E-state index is 12.8. The van der Waals surface area contributed by atoms with Gasteiger partial charge >= 0.3 is 12.1 Å². The van der Waals surface area contributed by atoms with Crippen molar-refractivity contribution < 1.29 is 24.2 Å². The quantitative estimate of drug-likeness (QED) is 0.558. The number of aliphatic carboxylic acids is 1. The standard InChI is InChI=1S/C26H32N2O5/c1-5-16(24(30)31)14-27-23(29)22(26(2,3)4)28-25(32)33-15-21-19-12-8-6-10-17(19)18-11-7-9-13-20(18)21/h6-13,16,21-22H,5,14-15H2,1-4H3,(H,27,29)(H,28,32)(H,30,31). The van der Waals surface area contributed by atoms with Crippen molar-refractivity contribution in [2.24, 2.45) is 11.3 Å². The lowest BCUT2D eigenvalue weighted by atomic mass is 9.86. The van der Waals surface area contributed by atoms with Gasteiger partial charge in [0, 0.05) is 12.5 Å². The van der Waals surface area contributed by atoms with Gasteiger partial charge in [0.2, 0.25) is 5.91 Å². The fourth-order valence-electron chi connectivity index (χ4n) is 4.17. The van der Waals surface area contributed by atoms with E-state index in [1.807, 2.05) is 57.2 Å². The molecule has 0 heterocycles. The number of fused-ring (bicyclic) bond motifs is 3. The van der Waals surface area contributed by atoms with Crippen molar-refractivity contribution in [2.45, 2.75) is 46.1 Å². The number of hydrogen-bond donors (Lipinski definition) is 3. The van der Waals surface area contributed by atoms with Crippen LogP contribution >= 0.6 is 0 Å². The number of carboxylic acids is 1. The molecule has 0 bridgehead atoms. The van der Waals surface area contributed by atoms with Crippen LogP contribution in [0.15, 0.2) is 48.5 Å². The zero-order valence-corrected chi connectivity index (χ0v) is 19.6. The molecule has 2 atom stereocenters. The Morgan fingerprint density at radius 1 is 1.00 bits per heavy atom. The Balaban J connectivity index is 1.66. The first-order valence-corrected chi connectivity index (χ1v) is 11.3. The highest BCUT2D eigenvalue weighted by molar-refractivity contribution is 5.87. The number of rotatable bonds is 8. The van der Waals surface area contributed by atoms with Gasteiger partial charge in [0.15, 0.2) is 0 Å². The van der Waals surface area contributed by atoms with Crippen LogP contribution in [0.25, 0.3) is 11.1 Å². The SMILES string of the molecule is CCC(CNC(=O)C(NC(=O)OCC1c2ccccc2-c2ccccc21)C(C)(C)C)C(=O)O. The molecule has 2 unspecified atom stereocenters. The number of amides is 2. The molecule has 0 aliphatic heterocycles. The van der Waals surface area contributed by atoms with E-state index in [0.29, 0.717) is 6.42 Å². The summed E-state index contributed by atoms with van der Waals surface area (Å²) in [7, 11) is 0. The molecule has 2 aromatic rings. The summed E-state index contributed by atoms with van der Waals surface area (Å²) in [5.41, 5.74) is 3.89. The number of benzene rings is 2. The number of nitrogens with one attached hydrogen (secondary N) is 2. The predicted octanol–water partition coefficient (Wildman–Crippen LogP) is 4.17. The summed E-state index contributed by atoms with van der Waals surface area (Å²) >= 11 is 0. The molecular weight excluding hydrogens is 420 g/mol. The highest BCUT2D eigenvalue weighted by Crippen LogP contribution is 2.44. The molecule has 0 saturated heterocycles. The Hall–Kier alpha value is -3.35. The molecular formula is C26H32N2O5. The minimum absolute atomic E-state index is 0.00359. The van der Waals surface area contributed by atoms with E-state index in [0.717, 1.165) is 22.3 Å². The van der Waals surface area contributed by atoms with Crippen LogP contribution in [0.3, 0.4) is 0 Å². The summed E-state index contributed by atoms with van der Waals surface area (Å²) in [6.07, 6.45) is -0.285. The van der Waals surface area contributed by atoms with Crippen LogP contribution < -0.4 is 10.6 Å². The molecule has 3 N–H and O–H groups in total. The van der Waals surface area contributed by atoms with Crippen molar-refractivity contribution in [3.63, 3.8) is 0 Å². The summed E-state index contributed by atoms with van der Waals surface area (Å²) in [5.74, 6) is -2.15. The van der Waals surface area contributed by atoms with E-state index in [1.54, 1.807) is 6.92 Å². The predicted molar refractivity (Wildman–Crippen MR) is 126 cm³/mol. The van der Waals surface area contributed by atoms with E-state index in [-0.39, 0.29) is 19.1 Å². The number of hydrogen-bond acceptors (Lipinski definition) is 4. The molecule has 2 aromatic carbocycles. The van der Waals surface area contributed by atoms with Gasteiger partial charge in [0.25, 0.3) is 0 Å². The first kappa shape index (κ1) is 24.3. The van der Waals surface area contributed by atoms with Gasteiger partial charge in [-0.15, -0.1) is 0 Å². The third kappa shape index (κ3) is 5.53. The number of alkyl carbamates (subject to hydrolysis) is 1. The second-order valence-electron chi connectivity index (χ2n) is 9.46. The van der Waals surface area contributed by atoms with E-state index in [9.17, 15) is 19.5 Å². The largest absolute Gasteiger partial charge is 0.481 e. The fraction of sp³-hybridized carbons (Fsp3) is 0.423. The molecule has 7 nitrogen and oxygen atoms in total. The zero-order chi connectivity index (χ0) is 24.2. The lowest BCUT2D eigenvalue weighted by Gasteiger charge is -2.30. The van der Waals surface area contributed by atoms with Gasteiger partial charge in [-0.2, -0.15) is 0 Å². The molecule has 3 rings (SSSR count). The van der Waals surface area contributed by atoms with E-state index < -0.39 is 35.3 Å². The summed E-state index contributed by atoms with van der Waals surface area (Å²) < 4.78 is 5.58. The van der Waals surface area contributed by atoms with Gasteiger partial charge in [0.1, 0.15) is 12.6 Å². The Morgan fingerprint density at radius 2 is 1.55 bits per heavy atom. The number of carbonyl (C=O) groups is 3. The third-order valence-electron chi connectivity index (χ3n) is 6.10. The van der Waals surface area contributed by atoms with E-state index in [1.165, 1.54) is 0 Å². The Kier molecular flexibility index (Phi) is 7.41. The second-order valence-corrected chi connectivity index (χ2v) is 9.46. The molecule has 0 spiro atoms. The second kappa shape index (κ2) is 10.1. The highest BCUT2D eigenvalue weighted by Gasteiger charge is 2.35. The first-order valence-electron chi connectivity index (χ1n) is 11.3. The van der Waals surface area contributed by atoms with Gasteiger partial charge in [0.05, 0.1) is 5.92 Å². The van der Waals surface area contributed by atoms with Crippen molar-refractivity contribution in [3.05, 3.63) is 59.7 Å². The summed E-state index contributed by atoms with van der Waals surface area (Å²) in [4.78, 5) is 36.7. The third-order valence-corrected chi connectivity index (χ3v) is 6.10. The molecule has 33 heavy (non-hydrogen) atoms. The van der Waals surface area contributed by atoms with E-state index >= 15 is 0 Å². The topological polar surface area (TPSA) is 105 Å². The van der Waals surface area contributed by atoms with Crippen molar-refractivity contribution in [2.75, 3.05) is 13.2 Å². The first-order chi connectivity index (χ1) is 15.6. The molecule has 1 aliphatic rings. The molecule has 0 radical (unpaired) electrons. The Labute approximate surface area is 194 Å². The van der Waals surface area contributed by atoms with Gasteiger partial charge in [-0.05, 0) is 34.1 Å².